The van der Waals surface area contributed by atoms with E-state index < -0.39 is 8.07 Å². The van der Waals surface area contributed by atoms with E-state index in [4.69, 9.17) is 4.74 Å². The minimum absolute atomic E-state index is 0.246. The van der Waals surface area contributed by atoms with Crippen molar-refractivity contribution in [3.63, 3.8) is 0 Å². The van der Waals surface area contributed by atoms with Gasteiger partial charge in [-0.25, -0.2) is 4.79 Å². The fraction of sp³-hybridized carbons (Fsp3) is 0.526. The molecule has 124 valence electrons. The van der Waals surface area contributed by atoms with Crippen LogP contribution in [-0.2, 0) is 4.74 Å². The fourth-order valence-electron chi connectivity index (χ4n) is 2.97. The molecule has 0 bridgehead atoms. The number of carbonyl (C=O) groups is 1. The van der Waals surface area contributed by atoms with Crippen molar-refractivity contribution in [3.05, 3.63) is 28.8 Å². The smallest absolute Gasteiger partial charge is 0.337 e. The Morgan fingerprint density at radius 2 is 1.87 bits per heavy atom. The average Bonchev–Trinajstić information content (AvgIpc) is 2.53. The molecule has 0 atom stereocenters. The van der Waals surface area contributed by atoms with Crippen molar-refractivity contribution in [2.45, 2.75) is 57.7 Å². The zero-order chi connectivity index (χ0) is 17.0. The van der Waals surface area contributed by atoms with Crippen molar-refractivity contribution in [2.75, 3.05) is 7.11 Å². The van der Waals surface area contributed by atoms with E-state index in [1.165, 1.54) is 26.4 Å². The highest BCUT2D eigenvalue weighted by atomic mass is 28.3. The van der Waals surface area contributed by atoms with Crippen LogP contribution in [0.25, 0.3) is 0 Å². The molecule has 1 saturated carbocycles. The highest BCUT2D eigenvalue weighted by molar-refractivity contribution is 6.83. The van der Waals surface area contributed by atoms with Crippen LogP contribution in [-0.4, -0.2) is 26.3 Å². The monoisotopic (exact) mass is 330 g/mol. The first-order chi connectivity index (χ1) is 10.8. The Morgan fingerprint density at radius 1 is 1.22 bits per heavy atom. The molecule has 0 amide bonds. The van der Waals surface area contributed by atoms with Gasteiger partial charge in [0.25, 0.3) is 0 Å². The van der Waals surface area contributed by atoms with Crippen molar-refractivity contribution in [1.29, 1.82) is 0 Å². The van der Waals surface area contributed by atoms with E-state index in [9.17, 15) is 9.90 Å². The Kier molecular flexibility index (Phi) is 5.54. The van der Waals surface area contributed by atoms with E-state index in [0.717, 1.165) is 18.4 Å². The molecule has 1 aliphatic carbocycles. The van der Waals surface area contributed by atoms with E-state index in [0.29, 0.717) is 17.0 Å². The summed E-state index contributed by atoms with van der Waals surface area (Å²) in [5, 5.41) is 10.7. The fourth-order valence-corrected chi connectivity index (χ4v) is 3.48. The first-order valence-corrected chi connectivity index (χ1v) is 11.8. The average molecular weight is 331 g/mol. The van der Waals surface area contributed by atoms with Crippen molar-refractivity contribution in [3.8, 4) is 17.2 Å². The van der Waals surface area contributed by atoms with E-state index in [1.54, 1.807) is 12.1 Å². The maximum atomic E-state index is 12.0. The van der Waals surface area contributed by atoms with Gasteiger partial charge in [0, 0.05) is 0 Å². The second-order valence-corrected chi connectivity index (χ2v) is 12.0. The molecule has 0 heterocycles. The number of methoxy groups -OCH3 is 1. The lowest BCUT2D eigenvalue weighted by Gasteiger charge is -2.23. The summed E-state index contributed by atoms with van der Waals surface area (Å²) in [6.07, 6.45) is 5.69. The summed E-state index contributed by atoms with van der Waals surface area (Å²) >= 11 is 0. The summed E-state index contributed by atoms with van der Waals surface area (Å²) in [4.78, 5) is 12.0. The van der Waals surface area contributed by atoms with Gasteiger partial charge in [-0.3, -0.25) is 0 Å². The Bertz CT molecular complexity index is 641. The molecule has 0 aromatic heterocycles. The van der Waals surface area contributed by atoms with Crippen LogP contribution in [0.15, 0.2) is 12.1 Å². The number of esters is 1. The quantitative estimate of drug-likeness (QED) is 0.495. The summed E-state index contributed by atoms with van der Waals surface area (Å²) in [5.74, 6) is 3.28. The molecule has 0 unspecified atom stereocenters. The number of hydrogen-bond acceptors (Lipinski definition) is 3. The lowest BCUT2D eigenvalue weighted by molar-refractivity contribution is 0.0600. The van der Waals surface area contributed by atoms with Crippen LogP contribution in [0.4, 0.5) is 0 Å². The van der Waals surface area contributed by atoms with Crippen LogP contribution in [0.1, 0.15) is 59.5 Å². The highest BCUT2D eigenvalue weighted by Crippen LogP contribution is 2.39. The second kappa shape index (κ2) is 7.23. The number of benzene rings is 1. The number of rotatable bonds is 2. The minimum Gasteiger partial charge on any atom is -0.506 e. The Morgan fingerprint density at radius 3 is 2.43 bits per heavy atom. The zero-order valence-corrected chi connectivity index (χ0v) is 15.5. The number of carbonyl (C=O) groups excluding carboxylic acids is 1. The van der Waals surface area contributed by atoms with Gasteiger partial charge >= 0.3 is 5.97 Å². The van der Waals surface area contributed by atoms with E-state index in [1.807, 2.05) is 0 Å². The summed E-state index contributed by atoms with van der Waals surface area (Å²) < 4.78 is 4.86. The van der Waals surface area contributed by atoms with Gasteiger partial charge in [-0.15, -0.1) is 5.54 Å². The number of ether oxygens (including phenoxy) is 1. The molecule has 1 aromatic rings. The predicted octanol–water partition coefficient (Wildman–Crippen LogP) is 4.46. The van der Waals surface area contributed by atoms with Crippen LogP contribution in [0.5, 0.6) is 5.75 Å². The molecule has 0 aliphatic heterocycles. The van der Waals surface area contributed by atoms with Crippen LogP contribution in [0, 0.1) is 11.5 Å². The third-order valence-electron chi connectivity index (χ3n) is 4.18. The molecule has 2 rings (SSSR count). The number of aromatic hydroxyl groups is 1. The predicted molar refractivity (Wildman–Crippen MR) is 95.5 cm³/mol. The van der Waals surface area contributed by atoms with Gasteiger partial charge in [0.1, 0.15) is 13.8 Å². The van der Waals surface area contributed by atoms with E-state index in [-0.39, 0.29) is 11.7 Å². The van der Waals surface area contributed by atoms with Crippen LogP contribution < -0.4 is 0 Å². The molecule has 1 fully saturated rings. The molecule has 23 heavy (non-hydrogen) atoms. The Labute approximate surface area is 140 Å². The number of phenols is 1. The molecule has 0 saturated heterocycles. The lowest BCUT2D eigenvalue weighted by Crippen LogP contribution is -2.16. The van der Waals surface area contributed by atoms with Gasteiger partial charge < -0.3 is 9.84 Å². The van der Waals surface area contributed by atoms with Gasteiger partial charge in [0.2, 0.25) is 0 Å². The molecule has 3 nitrogen and oxygen atoms in total. The van der Waals surface area contributed by atoms with E-state index in [2.05, 4.69) is 31.1 Å². The van der Waals surface area contributed by atoms with Crippen molar-refractivity contribution in [1.82, 2.24) is 0 Å². The maximum Gasteiger partial charge on any atom is 0.337 e. The third kappa shape index (κ3) is 4.62. The standard InChI is InChI=1S/C19H26O3Si/c1-22-19(21)16-12-15(10-11-23(2,3)4)18(20)17(13-16)14-8-6-5-7-9-14/h12-14,20H,5-9H2,1-4H3. The number of hydrogen-bond donors (Lipinski definition) is 1. The van der Waals surface area contributed by atoms with Crippen LogP contribution in [0.2, 0.25) is 19.6 Å². The normalized spacial score (nSPS) is 15.7. The van der Waals surface area contributed by atoms with E-state index >= 15 is 0 Å². The second-order valence-electron chi connectivity index (χ2n) is 7.29. The van der Waals surface area contributed by atoms with Crippen molar-refractivity contribution in [2.24, 2.45) is 0 Å². The molecular weight excluding hydrogens is 304 g/mol. The van der Waals surface area contributed by atoms with Crippen LogP contribution in [0.3, 0.4) is 0 Å². The van der Waals surface area contributed by atoms with Gasteiger partial charge in [-0.2, -0.15) is 0 Å². The lowest BCUT2D eigenvalue weighted by atomic mass is 9.82. The molecule has 1 N–H and O–H groups in total. The summed E-state index contributed by atoms with van der Waals surface area (Å²) in [5.41, 5.74) is 5.15. The first-order valence-electron chi connectivity index (χ1n) is 8.30. The van der Waals surface area contributed by atoms with Gasteiger partial charge in [-0.1, -0.05) is 44.8 Å². The summed E-state index contributed by atoms with van der Waals surface area (Å²) in [6.45, 7) is 6.47. The topological polar surface area (TPSA) is 46.5 Å². The van der Waals surface area contributed by atoms with Gasteiger partial charge in [0.15, 0.2) is 0 Å². The zero-order valence-electron chi connectivity index (χ0n) is 14.5. The third-order valence-corrected chi connectivity index (χ3v) is 5.05. The largest absolute Gasteiger partial charge is 0.506 e. The first kappa shape index (κ1) is 17.6. The molecular formula is C19H26O3Si. The van der Waals surface area contributed by atoms with Gasteiger partial charge in [0.05, 0.1) is 18.2 Å². The molecule has 4 heteroatoms. The van der Waals surface area contributed by atoms with Crippen molar-refractivity contribution < 1.29 is 14.6 Å². The number of phenolic OH excluding ortho intramolecular Hbond substituents is 1. The minimum atomic E-state index is -1.56. The SMILES string of the molecule is COC(=O)c1cc(C#C[Si](C)(C)C)c(O)c(C2CCCCC2)c1. The maximum absolute atomic E-state index is 12.0. The molecule has 1 aromatic carbocycles. The highest BCUT2D eigenvalue weighted by Gasteiger charge is 2.22. The van der Waals surface area contributed by atoms with Crippen molar-refractivity contribution >= 4 is 14.0 Å². The molecule has 0 radical (unpaired) electrons. The Hall–Kier alpha value is -1.73. The molecule has 1 aliphatic rings. The van der Waals surface area contributed by atoms with Gasteiger partial charge in [-0.05, 0) is 36.5 Å². The molecule has 0 spiro atoms. The Balaban J connectivity index is 2.51. The summed E-state index contributed by atoms with van der Waals surface area (Å²) in [7, 11) is -0.183. The summed E-state index contributed by atoms with van der Waals surface area (Å²) in [6, 6.07) is 3.44. The van der Waals surface area contributed by atoms with Crippen LogP contribution >= 0.6 is 0 Å².